The van der Waals surface area contributed by atoms with Gasteiger partial charge in [-0.05, 0) is 0 Å². The van der Waals surface area contributed by atoms with E-state index in [0.717, 1.165) is 0 Å². The van der Waals surface area contributed by atoms with E-state index in [4.69, 9.17) is 10.2 Å². The number of halogens is 6. The quantitative estimate of drug-likeness (QED) is 0.451. The third-order valence-corrected chi connectivity index (χ3v) is 1.90. The zero-order chi connectivity index (χ0) is 14.6. The minimum absolute atomic E-state index is 0.137. The summed E-state index contributed by atoms with van der Waals surface area (Å²) in [6.45, 7) is -0.989. The van der Waals surface area contributed by atoms with E-state index in [0.29, 0.717) is 0 Å². The number of hydrogen-bond donors (Lipinski definition) is 2. The van der Waals surface area contributed by atoms with Crippen molar-refractivity contribution >= 4 is 5.97 Å². The van der Waals surface area contributed by atoms with E-state index in [1.54, 1.807) is 0 Å². The average molecular weight is 284 g/mol. The lowest BCUT2D eigenvalue weighted by Crippen LogP contribution is -2.58. The van der Waals surface area contributed by atoms with Gasteiger partial charge >= 0.3 is 18.3 Å². The monoisotopic (exact) mass is 284 g/mol. The van der Waals surface area contributed by atoms with Crippen molar-refractivity contribution < 1.29 is 46.1 Å². The Morgan fingerprint density at radius 1 is 1.06 bits per heavy atom. The first-order chi connectivity index (χ1) is 7.95. The van der Waals surface area contributed by atoms with E-state index in [-0.39, 0.29) is 6.42 Å². The minimum Gasteiger partial charge on any atom is -0.465 e. The first-order valence-corrected chi connectivity index (χ1v) is 4.58. The molecule has 0 atom stereocenters. The molecule has 2 N–H and O–H groups in total. The molecule has 18 heavy (non-hydrogen) atoms. The van der Waals surface area contributed by atoms with Crippen LogP contribution in [0.2, 0.25) is 0 Å². The van der Waals surface area contributed by atoms with Gasteiger partial charge in [0.2, 0.25) is 0 Å². The van der Waals surface area contributed by atoms with Crippen molar-refractivity contribution in [2.24, 2.45) is 0 Å². The van der Waals surface area contributed by atoms with E-state index < -0.39 is 43.6 Å². The second-order valence-electron chi connectivity index (χ2n) is 3.33. The van der Waals surface area contributed by atoms with Gasteiger partial charge in [0.1, 0.15) is 0 Å². The molecule has 0 heterocycles. The molecule has 108 valence electrons. The molecular weight excluding hydrogens is 274 g/mol. The summed E-state index contributed by atoms with van der Waals surface area (Å²) in [4.78, 5) is 10.8. The van der Waals surface area contributed by atoms with Gasteiger partial charge in [-0.1, -0.05) is 0 Å². The normalized spacial score (nSPS) is 13.6. The van der Waals surface area contributed by atoms with Crippen LogP contribution in [0, 0.1) is 0 Å². The van der Waals surface area contributed by atoms with Crippen LogP contribution in [0.15, 0.2) is 0 Å². The molecule has 0 aliphatic carbocycles. The highest BCUT2D eigenvalue weighted by Crippen LogP contribution is 2.45. The number of alkyl halides is 6. The minimum atomic E-state index is -6.05. The lowest BCUT2D eigenvalue weighted by molar-refractivity contribution is -0.368. The highest BCUT2D eigenvalue weighted by Gasteiger charge is 2.71. The number of ether oxygens (including phenoxy) is 1. The van der Waals surface area contributed by atoms with Crippen molar-refractivity contribution in [3.8, 4) is 0 Å². The Hall–Kier alpha value is -1.03. The fourth-order valence-corrected chi connectivity index (χ4v) is 0.872. The second kappa shape index (κ2) is 5.74. The summed E-state index contributed by atoms with van der Waals surface area (Å²) in [6, 6.07) is 0. The summed E-state index contributed by atoms with van der Waals surface area (Å²) >= 11 is 0. The Labute approximate surface area is 97.2 Å². The van der Waals surface area contributed by atoms with Crippen LogP contribution in [-0.4, -0.2) is 47.3 Å². The predicted octanol–water partition coefficient (Wildman–Crippen LogP) is 1.16. The van der Waals surface area contributed by atoms with Gasteiger partial charge in [-0.3, -0.25) is 4.79 Å². The molecule has 0 aromatic heterocycles. The van der Waals surface area contributed by atoms with Crippen LogP contribution >= 0.6 is 0 Å². The maximum absolute atomic E-state index is 12.1. The summed E-state index contributed by atoms with van der Waals surface area (Å²) in [5.74, 6) is -1.86. The van der Waals surface area contributed by atoms with Crippen molar-refractivity contribution in [3.63, 3.8) is 0 Å². The van der Waals surface area contributed by atoms with Gasteiger partial charge in [0.25, 0.3) is 5.60 Å². The van der Waals surface area contributed by atoms with Crippen LogP contribution in [0.4, 0.5) is 26.3 Å². The molecule has 10 heteroatoms. The molecule has 0 fully saturated rings. The van der Waals surface area contributed by atoms with Crippen LogP contribution in [-0.2, 0) is 9.53 Å². The number of aliphatic hydroxyl groups excluding tert-OH is 1. The standard InChI is InChI=1S/C8H10F6O4/c9-7(10,11)6(17,8(12,13)14)4-5(16)18-3-1-2-15/h15,17H,1-4H2. The van der Waals surface area contributed by atoms with Crippen molar-refractivity contribution in [1.82, 2.24) is 0 Å². The molecule has 0 radical (unpaired) electrons. The summed E-state index contributed by atoms with van der Waals surface area (Å²) in [6.07, 6.45) is -14.5. The molecule has 0 saturated carbocycles. The third kappa shape index (κ3) is 4.02. The number of esters is 1. The first kappa shape index (κ1) is 17.0. The molecule has 0 aromatic rings. The molecule has 0 bridgehead atoms. The summed E-state index contributed by atoms with van der Waals surface area (Å²) in [5, 5.41) is 16.9. The summed E-state index contributed by atoms with van der Waals surface area (Å²) < 4.78 is 76.8. The van der Waals surface area contributed by atoms with Crippen molar-refractivity contribution in [2.45, 2.75) is 30.8 Å². The van der Waals surface area contributed by atoms with Gasteiger partial charge in [-0.15, -0.1) is 0 Å². The van der Waals surface area contributed by atoms with Crippen LogP contribution in [0.3, 0.4) is 0 Å². The molecule has 0 aromatic carbocycles. The highest BCUT2D eigenvalue weighted by molar-refractivity contribution is 5.71. The molecule has 0 amide bonds. The van der Waals surface area contributed by atoms with Gasteiger partial charge in [0.05, 0.1) is 13.0 Å². The molecule has 0 saturated heterocycles. The zero-order valence-corrected chi connectivity index (χ0v) is 8.81. The molecule has 0 rings (SSSR count). The van der Waals surface area contributed by atoms with Gasteiger partial charge < -0.3 is 14.9 Å². The fraction of sp³-hybridized carbons (Fsp3) is 0.875. The Bertz CT molecular complexity index is 270. The number of hydrogen-bond acceptors (Lipinski definition) is 4. The molecule has 0 aliphatic rings. The molecular formula is C8H10F6O4. The van der Waals surface area contributed by atoms with Crippen molar-refractivity contribution in [1.29, 1.82) is 0 Å². The molecule has 4 nitrogen and oxygen atoms in total. The number of carbonyl (C=O) groups is 1. The van der Waals surface area contributed by atoms with E-state index in [1.165, 1.54) is 0 Å². The Kier molecular flexibility index (Phi) is 5.41. The summed E-state index contributed by atoms with van der Waals surface area (Å²) in [7, 11) is 0. The van der Waals surface area contributed by atoms with Gasteiger partial charge in [-0.2, -0.15) is 26.3 Å². The van der Waals surface area contributed by atoms with Crippen LogP contribution < -0.4 is 0 Å². The number of aliphatic hydroxyl groups is 2. The van der Waals surface area contributed by atoms with Crippen molar-refractivity contribution in [2.75, 3.05) is 13.2 Å². The predicted molar refractivity (Wildman–Crippen MR) is 44.3 cm³/mol. The largest absolute Gasteiger partial charge is 0.465 e. The number of carbonyl (C=O) groups excluding carboxylic acids is 1. The first-order valence-electron chi connectivity index (χ1n) is 4.58. The lowest BCUT2D eigenvalue weighted by Gasteiger charge is -2.31. The number of rotatable bonds is 5. The second-order valence-corrected chi connectivity index (χ2v) is 3.33. The highest BCUT2D eigenvalue weighted by atomic mass is 19.4. The SMILES string of the molecule is O=C(CC(O)(C(F)(F)F)C(F)(F)F)OCCCO. The Balaban J connectivity index is 4.79. The van der Waals surface area contributed by atoms with Gasteiger partial charge in [0, 0.05) is 13.0 Å². The zero-order valence-electron chi connectivity index (χ0n) is 8.81. The molecule has 0 unspecified atom stereocenters. The van der Waals surface area contributed by atoms with Crippen molar-refractivity contribution in [3.05, 3.63) is 0 Å². The third-order valence-electron chi connectivity index (χ3n) is 1.90. The van der Waals surface area contributed by atoms with Crippen LogP contribution in [0.25, 0.3) is 0 Å². The molecule has 0 aliphatic heterocycles. The fourth-order valence-electron chi connectivity index (χ4n) is 0.872. The van der Waals surface area contributed by atoms with E-state index in [1.807, 2.05) is 0 Å². The average Bonchev–Trinajstić information content (AvgIpc) is 2.14. The van der Waals surface area contributed by atoms with E-state index in [2.05, 4.69) is 4.74 Å². The topological polar surface area (TPSA) is 66.8 Å². The maximum Gasteiger partial charge on any atom is 0.426 e. The van der Waals surface area contributed by atoms with Gasteiger partial charge in [0.15, 0.2) is 0 Å². The maximum atomic E-state index is 12.1. The summed E-state index contributed by atoms with van der Waals surface area (Å²) in [5.41, 5.74) is -5.14. The van der Waals surface area contributed by atoms with Gasteiger partial charge in [-0.25, -0.2) is 0 Å². The van der Waals surface area contributed by atoms with Crippen LogP contribution in [0.1, 0.15) is 12.8 Å². The Morgan fingerprint density at radius 3 is 1.83 bits per heavy atom. The van der Waals surface area contributed by atoms with E-state index >= 15 is 0 Å². The Morgan fingerprint density at radius 2 is 1.50 bits per heavy atom. The lowest BCUT2D eigenvalue weighted by atomic mass is 9.98. The van der Waals surface area contributed by atoms with E-state index in [9.17, 15) is 31.1 Å². The van der Waals surface area contributed by atoms with Crippen LogP contribution in [0.5, 0.6) is 0 Å². The smallest absolute Gasteiger partial charge is 0.426 e. The molecule has 0 spiro atoms.